The van der Waals surface area contributed by atoms with Crippen molar-refractivity contribution in [3.05, 3.63) is 64.2 Å². The second-order valence-corrected chi connectivity index (χ2v) is 6.99. The zero-order chi connectivity index (χ0) is 19.2. The molecule has 0 aliphatic heterocycles. The Labute approximate surface area is 150 Å². The number of nitro groups is 1. The summed E-state index contributed by atoms with van der Waals surface area (Å²) in [5, 5.41) is 10.9. The van der Waals surface area contributed by atoms with Gasteiger partial charge in [0.25, 0.3) is 5.69 Å². The number of hydrogen-bond acceptors (Lipinski definition) is 7. The monoisotopic (exact) mass is 379 g/mol. The summed E-state index contributed by atoms with van der Waals surface area (Å²) in [6.07, 6.45) is 0. The van der Waals surface area contributed by atoms with E-state index < -0.39 is 18.5 Å². The lowest BCUT2D eigenvalue weighted by Crippen LogP contribution is -2.18. The quantitative estimate of drug-likeness (QED) is 0.226. The lowest BCUT2D eigenvalue weighted by molar-refractivity contribution is -0.384. The van der Waals surface area contributed by atoms with Crippen LogP contribution in [0.3, 0.4) is 0 Å². The normalized spacial score (nSPS) is 11.2. The fourth-order valence-corrected chi connectivity index (χ4v) is 3.88. The molecule has 0 N–H and O–H groups in total. The first-order valence-corrected chi connectivity index (χ1v) is 9.41. The summed E-state index contributed by atoms with van der Waals surface area (Å²) >= 11 is 0. The molecular formula is C17H18NO7P. The smallest absolute Gasteiger partial charge is 0.365 e. The van der Waals surface area contributed by atoms with E-state index in [1.165, 1.54) is 6.07 Å². The van der Waals surface area contributed by atoms with Crippen molar-refractivity contribution >= 4 is 24.6 Å². The van der Waals surface area contributed by atoms with Gasteiger partial charge in [-0.05, 0) is 32.0 Å². The van der Waals surface area contributed by atoms with Gasteiger partial charge in [-0.15, -0.1) is 0 Å². The minimum absolute atomic E-state index is 0.0477. The Balaban J connectivity index is 2.49. The molecule has 0 fully saturated rings. The Morgan fingerprint density at radius 2 is 1.69 bits per heavy atom. The molecule has 9 heteroatoms. The highest BCUT2D eigenvalue weighted by Gasteiger charge is 2.33. The van der Waals surface area contributed by atoms with Crippen molar-refractivity contribution in [3.8, 4) is 5.75 Å². The molecule has 2 rings (SSSR count). The fourth-order valence-electron chi connectivity index (χ4n) is 2.17. The summed E-state index contributed by atoms with van der Waals surface area (Å²) in [5.41, 5.74) is -0.0430. The molecule has 26 heavy (non-hydrogen) atoms. The summed E-state index contributed by atoms with van der Waals surface area (Å²) in [5.74, 6) is -0.810. The molecule has 0 saturated heterocycles. The highest BCUT2D eigenvalue weighted by molar-refractivity contribution is 7.62. The van der Waals surface area contributed by atoms with Crippen LogP contribution in [0.2, 0.25) is 0 Å². The molecule has 0 saturated carbocycles. The summed E-state index contributed by atoms with van der Waals surface area (Å²) in [4.78, 5) is 22.7. The van der Waals surface area contributed by atoms with Gasteiger partial charge in [-0.25, -0.2) is 4.79 Å². The van der Waals surface area contributed by atoms with Crippen LogP contribution < -0.4 is 10.0 Å². The SMILES string of the molecule is CCOP(=O)(OCC)c1cc([N+](=O)[O-])ccc1OC(=O)c1ccccc1. The number of hydrogen-bond donors (Lipinski definition) is 0. The molecule has 0 aromatic heterocycles. The van der Waals surface area contributed by atoms with Crippen LogP contribution in [0.1, 0.15) is 24.2 Å². The van der Waals surface area contributed by atoms with Crippen molar-refractivity contribution in [2.75, 3.05) is 13.2 Å². The third-order valence-corrected chi connectivity index (χ3v) is 5.39. The number of benzene rings is 2. The van der Waals surface area contributed by atoms with Crippen LogP contribution in [0.15, 0.2) is 48.5 Å². The maximum absolute atomic E-state index is 13.1. The molecule has 0 aliphatic rings. The molecule has 0 heterocycles. The number of carbonyl (C=O) groups excluding carboxylic acids is 1. The lowest BCUT2D eigenvalue weighted by atomic mass is 10.2. The number of carbonyl (C=O) groups is 1. The number of rotatable bonds is 8. The molecule has 0 atom stereocenters. The molecule has 138 valence electrons. The van der Waals surface area contributed by atoms with E-state index in [4.69, 9.17) is 13.8 Å². The first kappa shape index (κ1) is 19.8. The van der Waals surface area contributed by atoms with E-state index >= 15 is 0 Å². The van der Waals surface area contributed by atoms with Crippen LogP contribution in [0.4, 0.5) is 5.69 Å². The van der Waals surface area contributed by atoms with E-state index in [-0.39, 0.29) is 35.5 Å². The van der Waals surface area contributed by atoms with Crippen LogP contribution in [0, 0.1) is 10.1 Å². The van der Waals surface area contributed by atoms with Crippen LogP contribution in [-0.4, -0.2) is 24.1 Å². The maximum atomic E-state index is 13.1. The standard InChI is InChI=1S/C17H18NO7P/c1-3-23-26(22,24-4-2)16-12-14(18(20)21)10-11-15(16)25-17(19)13-8-6-5-7-9-13/h5-12H,3-4H2,1-2H3. The van der Waals surface area contributed by atoms with Crippen LogP contribution >= 0.6 is 7.60 Å². The summed E-state index contributed by atoms with van der Waals surface area (Å²) < 4.78 is 28.9. The average Bonchev–Trinajstić information content (AvgIpc) is 2.63. The summed E-state index contributed by atoms with van der Waals surface area (Å²) in [6.45, 7) is 3.31. The van der Waals surface area contributed by atoms with Gasteiger partial charge >= 0.3 is 13.6 Å². The number of non-ortho nitro benzene ring substituents is 1. The van der Waals surface area contributed by atoms with Gasteiger partial charge in [0.15, 0.2) is 0 Å². The minimum atomic E-state index is -3.91. The van der Waals surface area contributed by atoms with E-state index in [2.05, 4.69) is 0 Å². The molecule has 8 nitrogen and oxygen atoms in total. The molecule has 0 spiro atoms. The topological polar surface area (TPSA) is 105 Å². The Kier molecular flexibility index (Phi) is 6.63. The molecule has 2 aromatic rings. The molecule has 0 aliphatic carbocycles. The van der Waals surface area contributed by atoms with Gasteiger partial charge < -0.3 is 13.8 Å². The second-order valence-electron chi connectivity index (χ2n) is 5.00. The van der Waals surface area contributed by atoms with Gasteiger partial charge in [0.1, 0.15) is 11.1 Å². The Morgan fingerprint density at radius 1 is 1.08 bits per heavy atom. The van der Waals surface area contributed by atoms with Crippen molar-refractivity contribution in [2.45, 2.75) is 13.8 Å². The van der Waals surface area contributed by atoms with Crippen molar-refractivity contribution in [3.63, 3.8) is 0 Å². The molecule has 2 aromatic carbocycles. The van der Waals surface area contributed by atoms with E-state index in [9.17, 15) is 19.5 Å². The average molecular weight is 379 g/mol. The van der Waals surface area contributed by atoms with Gasteiger partial charge in [0, 0.05) is 12.1 Å². The highest BCUT2D eigenvalue weighted by atomic mass is 31.2. The lowest BCUT2D eigenvalue weighted by Gasteiger charge is -2.19. The number of nitrogens with zero attached hydrogens (tertiary/aromatic N) is 1. The van der Waals surface area contributed by atoms with E-state index in [1.807, 2.05) is 0 Å². The van der Waals surface area contributed by atoms with Crippen molar-refractivity contribution < 1.29 is 28.1 Å². The largest absolute Gasteiger partial charge is 0.422 e. The van der Waals surface area contributed by atoms with Crippen LogP contribution in [-0.2, 0) is 13.6 Å². The van der Waals surface area contributed by atoms with Crippen molar-refractivity contribution in [1.82, 2.24) is 0 Å². The molecule has 0 amide bonds. The van der Waals surface area contributed by atoms with Crippen LogP contribution in [0.5, 0.6) is 5.75 Å². The Morgan fingerprint density at radius 3 is 2.23 bits per heavy atom. The first-order chi connectivity index (χ1) is 12.4. The highest BCUT2D eigenvalue weighted by Crippen LogP contribution is 2.49. The minimum Gasteiger partial charge on any atom is -0.422 e. The fraction of sp³-hybridized carbons (Fsp3) is 0.235. The Hall–Kier alpha value is -2.54. The van der Waals surface area contributed by atoms with Gasteiger partial charge in [-0.1, -0.05) is 18.2 Å². The first-order valence-electron chi connectivity index (χ1n) is 7.86. The van der Waals surface area contributed by atoms with E-state index in [0.29, 0.717) is 0 Å². The molecular weight excluding hydrogens is 361 g/mol. The molecule has 0 radical (unpaired) electrons. The predicted octanol–water partition coefficient (Wildman–Crippen LogP) is 3.71. The number of nitro benzene ring substituents is 1. The van der Waals surface area contributed by atoms with Gasteiger partial charge in [-0.2, -0.15) is 0 Å². The second kappa shape index (κ2) is 8.71. The summed E-state index contributed by atoms with van der Waals surface area (Å²) in [7, 11) is -3.91. The molecule has 0 unspecified atom stereocenters. The van der Waals surface area contributed by atoms with Gasteiger partial charge in [0.05, 0.1) is 23.7 Å². The van der Waals surface area contributed by atoms with Crippen LogP contribution in [0.25, 0.3) is 0 Å². The van der Waals surface area contributed by atoms with Gasteiger partial charge in [0.2, 0.25) is 0 Å². The van der Waals surface area contributed by atoms with Crippen molar-refractivity contribution in [1.29, 1.82) is 0 Å². The third-order valence-electron chi connectivity index (χ3n) is 3.26. The zero-order valence-electron chi connectivity index (χ0n) is 14.3. The molecule has 0 bridgehead atoms. The van der Waals surface area contributed by atoms with Gasteiger partial charge in [-0.3, -0.25) is 14.7 Å². The summed E-state index contributed by atoms with van der Waals surface area (Å²) in [6, 6.07) is 11.6. The maximum Gasteiger partial charge on any atom is 0.365 e. The van der Waals surface area contributed by atoms with E-state index in [0.717, 1.165) is 12.1 Å². The van der Waals surface area contributed by atoms with E-state index in [1.54, 1.807) is 44.2 Å². The zero-order valence-corrected chi connectivity index (χ0v) is 15.2. The number of ether oxygens (including phenoxy) is 1. The number of esters is 1. The predicted molar refractivity (Wildman–Crippen MR) is 95.0 cm³/mol. The van der Waals surface area contributed by atoms with Crippen molar-refractivity contribution in [2.24, 2.45) is 0 Å². The third kappa shape index (κ3) is 4.54. The Bertz CT molecular complexity index is 828.